The van der Waals surface area contributed by atoms with Crippen molar-refractivity contribution >= 4 is 8.07 Å². The zero-order valence-electron chi connectivity index (χ0n) is 14.2. The Labute approximate surface area is 122 Å². The highest BCUT2D eigenvalue weighted by Crippen LogP contribution is 2.42. The van der Waals surface area contributed by atoms with Gasteiger partial charge in [0, 0.05) is 0 Å². The van der Waals surface area contributed by atoms with Gasteiger partial charge in [-0.25, -0.2) is 0 Å². The second kappa shape index (κ2) is 8.96. The molecule has 0 radical (unpaired) electrons. The number of hydrogen-bond acceptors (Lipinski definition) is 1. The van der Waals surface area contributed by atoms with Crippen LogP contribution in [0.3, 0.4) is 0 Å². The van der Waals surface area contributed by atoms with Gasteiger partial charge in [-0.3, -0.25) is 0 Å². The van der Waals surface area contributed by atoms with E-state index in [9.17, 15) is 5.11 Å². The first-order valence-electron chi connectivity index (χ1n) is 8.16. The highest BCUT2D eigenvalue weighted by molar-refractivity contribution is 6.87. The van der Waals surface area contributed by atoms with Crippen LogP contribution < -0.4 is 0 Å². The van der Waals surface area contributed by atoms with E-state index in [1.807, 2.05) is 0 Å². The second-order valence-corrected chi connectivity index (χ2v) is 12.7. The van der Waals surface area contributed by atoms with Crippen LogP contribution in [0.1, 0.15) is 74.1 Å². The van der Waals surface area contributed by atoms with Crippen molar-refractivity contribution in [1.82, 2.24) is 0 Å². The Kier molecular flexibility index (Phi) is 8.92. The van der Waals surface area contributed by atoms with E-state index in [4.69, 9.17) is 0 Å². The second-order valence-electron chi connectivity index (χ2n) is 6.89. The maximum Gasteiger partial charge on any atom is 0.0850 e. The van der Waals surface area contributed by atoms with Gasteiger partial charge >= 0.3 is 0 Å². The molecule has 0 amide bonds. The Bertz CT molecular complexity index is 234. The lowest BCUT2D eigenvalue weighted by Crippen LogP contribution is -2.42. The molecule has 0 saturated heterocycles. The summed E-state index contributed by atoms with van der Waals surface area (Å²) in [7, 11) is -1.48. The van der Waals surface area contributed by atoms with Gasteiger partial charge in [-0.1, -0.05) is 79.5 Å². The summed E-state index contributed by atoms with van der Waals surface area (Å²) in [6.45, 7) is 16.4. The monoisotopic (exact) mass is 284 g/mol. The molecule has 19 heavy (non-hydrogen) atoms. The van der Waals surface area contributed by atoms with Crippen molar-refractivity contribution in [2.45, 2.75) is 96.9 Å². The van der Waals surface area contributed by atoms with Gasteiger partial charge in [-0.05, 0) is 23.0 Å². The van der Waals surface area contributed by atoms with Crippen LogP contribution in [0.5, 0.6) is 0 Å². The molecule has 1 unspecified atom stereocenters. The summed E-state index contributed by atoms with van der Waals surface area (Å²) >= 11 is 0. The number of hydrogen-bond donors (Lipinski definition) is 1. The van der Waals surface area contributed by atoms with E-state index in [-0.39, 0.29) is 6.10 Å². The molecule has 0 aromatic heterocycles. The Balaban J connectivity index is 4.81. The van der Waals surface area contributed by atoms with Gasteiger partial charge in [-0.15, -0.1) is 0 Å². The summed E-state index contributed by atoms with van der Waals surface area (Å²) in [4.78, 5) is 0. The molecule has 0 rings (SSSR count). The quantitative estimate of drug-likeness (QED) is 0.425. The van der Waals surface area contributed by atoms with E-state index in [0.29, 0.717) is 0 Å². The number of aliphatic hydroxyl groups excluding tert-OH is 1. The smallest absolute Gasteiger partial charge is 0.0850 e. The van der Waals surface area contributed by atoms with E-state index in [2.05, 4.69) is 60.2 Å². The molecule has 0 aliphatic heterocycles. The van der Waals surface area contributed by atoms with Gasteiger partial charge in [0.15, 0.2) is 0 Å². The van der Waals surface area contributed by atoms with E-state index in [0.717, 1.165) is 29.5 Å². The average molecular weight is 285 g/mol. The van der Waals surface area contributed by atoms with Crippen LogP contribution in [0.2, 0.25) is 16.6 Å². The lowest BCUT2D eigenvalue weighted by molar-refractivity contribution is 0.208. The summed E-state index contributed by atoms with van der Waals surface area (Å²) in [6.07, 6.45) is 6.38. The molecule has 1 nitrogen and oxygen atoms in total. The molecule has 0 bridgehead atoms. The molecule has 1 N–H and O–H groups in total. The minimum Gasteiger partial charge on any atom is -0.389 e. The third-order valence-corrected chi connectivity index (χ3v) is 11.5. The van der Waals surface area contributed by atoms with Crippen LogP contribution in [0, 0.1) is 0 Å². The van der Waals surface area contributed by atoms with E-state index in [1.54, 1.807) is 0 Å². The van der Waals surface area contributed by atoms with Gasteiger partial charge < -0.3 is 5.11 Å². The standard InChI is InChI=1S/C17H36OSi/c1-8-9-10-11-17(18)12-13-19(14(2)3,15(4)5)16(6)7/h12-18H,8-11H2,1-7H3/b13-12+. The van der Waals surface area contributed by atoms with Crippen molar-refractivity contribution in [3.63, 3.8) is 0 Å². The fourth-order valence-electron chi connectivity index (χ4n) is 3.55. The van der Waals surface area contributed by atoms with E-state index in [1.165, 1.54) is 12.8 Å². The first kappa shape index (κ1) is 18.9. The van der Waals surface area contributed by atoms with Gasteiger partial charge in [-0.2, -0.15) is 0 Å². The predicted octanol–water partition coefficient (Wildman–Crippen LogP) is 5.70. The Hall–Kier alpha value is -0.0831. The molecule has 0 aromatic rings. The zero-order valence-corrected chi connectivity index (χ0v) is 15.2. The summed E-state index contributed by atoms with van der Waals surface area (Å²) < 4.78 is 0. The van der Waals surface area contributed by atoms with Crippen LogP contribution in [0.4, 0.5) is 0 Å². The lowest BCUT2D eigenvalue weighted by atomic mass is 10.1. The summed E-state index contributed by atoms with van der Waals surface area (Å²) in [5.74, 6) is 0. The molecular weight excluding hydrogens is 248 g/mol. The molecule has 0 aromatic carbocycles. The molecule has 0 saturated carbocycles. The molecule has 1 atom stereocenters. The van der Waals surface area contributed by atoms with Crippen molar-refractivity contribution in [3.05, 3.63) is 11.8 Å². The zero-order chi connectivity index (χ0) is 15.1. The predicted molar refractivity (Wildman–Crippen MR) is 90.3 cm³/mol. The molecule has 0 aliphatic carbocycles. The SMILES string of the molecule is CCCCCC(O)/C=C/[Si](C(C)C)(C(C)C)C(C)C. The molecular formula is C17H36OSi. The van der Waals surface area contributed by atoms with E-state index < -0.39 is 8.07 Å². The van der Waals surface area contributed by atoms with Gasteiger partial charge in [0.05, 0.1) is 14.2 Å². The maximum atomic E-state index is 10.1. The van der Waals surface area contributed by atoms with Crippen molar-refractivity contribution in [3.8, 4) is 0 Å². The Morgan fingerprint density at radius 1 is 0.895 bits per heavy atom. The minimum atomic E-state index is -1.48. The molecule has 114 valence electrons. The lowest BCUT2D eigenvalue weighted by Gasteiger charge is -2.40. The van der Waals surface area contributed by atoms with Crippen molar-refractivity contribution in [2.24, 2.45) is 0 Å². The van der Waals surface area contributed by atoms with Gasteiger partial charge in [0.2, 0.25) is 0 Å². The summed E-state index contributed by atoms with van der Waals surface area (Å²) in [5.41, 5.74) is 4.63. The number of rotatable bonds is 9. The van der Waals surface area contributed by atoms with Gasteiger partial charge in [0.25, 0.3) is 0 Å². The first-order valence-corrected chi connectivity index (χ1v) is 10.5. The van der Waals surface area contributed by atoms with Crippen molar-refractivity contribution < 1.29 is 5.11 Å². The fourth-order valence-corrected chi connectivity index (χ4v) is 9.26. The van der Waals surface area contributed by atoms with Crippen LogP contribution in [0.25, 0.3) is 0 Å². The van der Waals surface area contributed by atoms with Crippen molar-refractivity contribution in [1.29, 1.82) is 0 Å². The average Bonchev–Trinajstić information content (AvgIpc) is 2.28. The summed E-state index contributed by atoms with van der Waals surface area (Å²) in [6, 6.07) is 0. The van der Waals surface area contributed by atoms with E-state index >= 15 is 0 Å². The maximum absolute atomic E-state index is 10.1. The Morgan fingerprint density at radius 3 is 1.74 bits per heavy atom. The Morgan fingerprint density at radius 2 is 1.37 bits per heavy atom. The van der Waals surface area contributed by atoms with Gasteiger partial charge in [0.1, 0.15) is 0 Å². The fraction of sp³-hybridized carbons (Fsp3) is 0.882. The first-order chi connectivity index (χ1) is 8.78. The highest BCUT2D eigenvalue weighted by atomic mass is 28.3. The van der Waals surface area contributed by atoms with Crippen LogP contribution in [0.15, 0.2) is 11.8 Å². The van der Waals surface area contributed by atoms with Crippen LogP contribution in [-0.2, 0) is 0 Å². The third-order valence-electron chi connectivity index (χ3n) is 4.71. The largest absolute Gasteiger partial charge is 0.389 e. The normalized spacial score (nSPS) is 15.1. The number of unbranched alkanes of at least 4 members (excludes halogenated alkanes) is 2. The number of aliphatic hydroxyl groups is 1. The van der Waals surface area contributed by atoms with Crippen LogP contribution >= 0.6 is 0 Å². The topological polar surface area (TPSA) is 20.2 Å². The highest BCUT2D eigenvalue weighted by Gasteiger charge is 2.40. The van der Waals surface area contributed by atoms with Crippen LogP contribution in [-0.4, -0.2) is 19.3 Å². The molecule has 0 heterocycles. The molecule has 0 spiro atoms. The summed E-state index contributed by atoms with van der Waals surface area (Å²) in [5, 5.41) is 10.1. The molecule has 0 fully saturated rings. The third kappa shape index (κ3) is 5.43. The minimum absolute atomic E-state index is 0.241. The molecule has 2 heteroatoms. The molecule has 0 aliphatic rings. The van der Waals surface area contributed by atoms with Crippen molar-refractivity contribution in [2.75, 3.05) is 0 Å².